The van der Waals surface area contributed by atoms with Crippen LogP contribution in [0.25, 0.3) is 5.69 Å². The van der Waals surface area contributed by atoms with Gasteiger partial charge in [-0.1, -0.05) is 34.3 Å². The van der Waals surface area contributed by atoms with E-state index in [0.29, 0.717) is 17.1 Å². The lowest BCUT2D eigenvalue weighted by molar-refractivity contribution is -0.610. The Morgan fingerprint density at radius 2 is 1.78 bits per heavy atom. The molecule has 1 aliphatic rings. The lowest BCUT2D eigenvalue weighted by Crippen LogP contribution is -2.38. The summed E-state index contributed by atoms with van der Waals surface area (Å²) in [5, 5.41) is 0.433. The van der Waals surface area contributed by atoms with Gasteiger partial charge in [0.15, 0.2) is 12.2 Å². The third-order valence-corrected chi connectivity index (χ3v) is 5.50. The van der Waals surface area contributed by atoms with E-state index >= 15 is 0 Å². The van der Waals surface area contributed by atoms with Crippen LogP contribution >= 0.6 is 39.1 Å². The maximum atomic E-state index is 14.6. The van der Waals surface area contributed by atoms with Crippen molar-refractivity contribution in [2.45, 2.75) is 13.0 Å². The molecule has 8 heteroatoms. The highest BCUT2D eigenvalue weighted by molar-refractivity contribution is 9.10. The van der Waals surface area contributed by atoms with Gasteiger partial charge in [-0.25, -0.2) is 8.78 Å². The van der Waals surface area contributed by atoms with E-state index in [2.05, 4.69) is 25.9 Å². The largest absolute Gasteiger partial charge is 0.327 e. The average molecular weight is 470 g/mol. The third kappa shape index (κ3) is 3.06. The first-order chi connectivity index (χ1) is 12.9. The zero-order chi connectivity index (χ0) is 19.3. The first kappa shape index (κ1) is 18.5. The number of benzene rings is 2. The Morgan fingerprint density at radius 1 is 1.07 bits per heavy atom. The molecule has 0 bridgehead atoms. The van der Waals surface area contributed by atoms with Crippen LogP contribution in [0.5, 0.6) is 0 Å². The smallest absolute Gasteiger partial charge is 0.268 e. The Morgan fingerprint density at radius 3 is 2.48 bits per heavy atom. The molecule has 0 fully saturated rings. The number of hydrogen-bond acceptors (Lipinski definition) is 2. The molecule has 3 aromatic rings. The molecule has 0 radical (unpaired) electrons. The molecular weight excluding hydrogens is 459 g/mol. The van der Waals surface area contributed by atoms with E-state index in [1.807, 2.05) is 0 Å². The summed E-state index contributed by atoms with van der Waals surface area (Å²) in [6.07, 6.45) is 3.45. The Bertz CT molecular complexity index is 1100. The molecule has 0 N–H and O–H groups in total. The van der Waals surface area contributed by atoms with Gasteiger partial charge in [0, 0.05) is 0 Å². The molecule has 1 aromatic heterocycles. The molecule has 0 spiro atoms. The number of aromatic nitrogens is 2. The minimum absolute atomic E-state index is 0.0993. The summed E-state index contributed by atoms with van der Waals surface area (Å²) in [5.74, 6) is -0.856. The first-order valence-corrected chi connectivity index (χ1v) is 9.51. The summed E-state index contributed by atoms with van der Waals surface area (Å²) in [7, 11) is 0. The average Bonchev–Trinajstić information content (AvgIpc) is 2.73. The molecule has 0 aliphatic carbocycles. The fourth-order valence-corrected chi connectivity index (χ4v) is 3.82. The van der Waals surface area contributed by atoms with Crippen LogP contribution in [0.4, 0.5) is 8.78 Å². The highest BCUT2D eigenvalue weighted by atomic mass is 79.9. The Kier molecular flexibility index (Phi) is 4.74. The molecule has 0 saturated carbocycles. The molecule has 2 heterocycles. The third-order valence-electron chi connectivity index (χ3n) is 4.28. The molecular formula is C19H11BrCl2F2N3+. The lowest BCUT2D eigenvalue weighted by atomic mass is 9.99. The van der Waals surface area contributed by atoms with Crippen LogP contribution in [0.3, 0.4) is 0 Å². The van der Waals surface area contributed by atoms with Crippen LogP contribution in [-0.2, 0) is 0 Å². The Labute approximate surface area is 172 Å². The predicted molar refractivity (Wildman–Crippen MR) is 104 cm³/mol. The van der Waals surface area contributed by atoms with Crippen molar-refractivity contribution in [3.8, 4) is 5.69 Å². The normalized spacial score (nSPS) is 15.6. The number of fused-ring (bicyclic) bond motifs is 3. The van der Waals surface area contributed by atoms with Crippen LogP contribution in [0.2, 0.25) is 10.0 Å². The molecule has 136 valence electrons. The molecule has 0 unspecified atom stereocenters. The molecule has 27 heavy (non-hydrogen) atoms. The first-order valence-electron chi connectivity index (χ1n) is 7.96. The monoisotopic (exact) mass is 468 g/mol. The fourth-order valence-electron chi connectivity index (χ4n) is 3.11. The fraction of sp³-hybridized carbons (Fsp3) is 0.105. The molecule has 2 aromatic carbocycles. The van der Waals surface area contributed by atoms with Crippen molar-refractivity contribution in [3.63, 3.8) is 0 Å². The van der Waals surface area contributed by atoms with Crippen molar-refractivity contribution in [2.75, 3.05) is 0 Å². The van der Waals surface area contributed by atoms with Gasteiger partial charge in [0.1, 0.15) is 28.0 Å². The molecule has 0 saturated heterocycles. The van der Waals surface area contributed by atoms with Crippen molar-refractivity contribution >= 4 is 44.8 Å². The zero-order valence-corrected chi connectivity index (χ0v) is 16.9. The minimum Gasteiger partial charge on any atom is -0.268 e. The number of halogens is 5. The van der Waals surface area contributed by atoms with Crippen molar-refractivity contribution in [1.82, 2.24) is 4.98 Å². The summed E-state index contributed by atoms with van der Waals surface area (Å²) >= 11 is 16.1. The standard InChI is InChI=1S/C19H11BrCl2F2N3/c1-9-19-25-7-10(20)8-27(19)14-6-5-11(21)17(22)16(14)18(26-9)15-12(23)3-2-4-13(15)24/h2-9H,1H3/q+1/t9-/m0/s1. The summed E-state index contributed by atoms with van der Waals surface area (Å²) in [5.41, 5.74) is 0.784. The highest BCUT2D eigenvalue weighted by Crippen LogP contribution is 2.35. The molecule has 1 atom stereocenters. The summed E-state index contributed by atoms with van der Waals surface area (Å²) in [6.45, 7) is 1.80. The number of hydrogen-bond donors (Lipinski definition) is 0. The van der Waals surface area contributed by atoms with E-state index < -0.39 is 17.7 Å². The minimum atomic E-state index is -0.729. The van der Waals surface area contributed by atoms with Crippen LogP contribution in [-0.4, -0.2) is 10.7 Å². The molecule has 4 rings (SSSR count). The molecule has 1 aliphatic heterocycles. The molecule has 3 nitrogen and oxygen atoms in total. The van der Waals surface area contributed by atoms with Gasteiger partial charge in [-0.2, -0.15) is 4.57 Å². The second-order valence-electron chi connectivity index (χ2n) is 6.01. The topological polar surface area (TPSA) is 29.1 Å². The maximum absolute atomic E-state index is 14.6. The van der Waals surface area contributed by atoms with Gasteiger partial charge < -0.3 is 0 Å². The van der Waals surface area contributed by atoms with Gasteiger partial charge >= 0.3 is 5.82 Å². The number of nitrogens with zero attached hydrogens (tertiary/aromatic N) is 3. The summed E-state index contributed by atoms with van der Waals surface area (Å²) in [6, 6.07) is 6.55. The van der Waals surface area contributed by atoms with Crippen molar-refractivity contribution < 1.29 is 13.3 Å². The van der Waals surface area contributed by atoms with E-state index in [-0.39, 0.29) is 21.3 Å². The van der Waals surface area contributed by atoms with E-state index in [1.54, 1.807) is 36.0 Å². The van der Waals surface area contributed by atoms with Crippen LogP contribution in [0.15, 0.2) is 52.2 Å². The summed E-state index contributed by atoms with van der Waals surface area (Å²) in [4.78, 5) is 9.01. The van der Waals surface area contributed by atoms with Gasteiger partial charge in [0.25, 0.3) is 0 Å². The van der Waals surface area contributed by atoms with Gasteiger partial charge in [0.2, 0.25) is 0 Å². The van der Waals surface area contributed by atoms with Crippen LogP contribution < -0.4 is 4.57 Å². The van der Waals surface area contributed by atoms with Gasteiger partial charge in [-0.3, -0.25) is 4.99 Å². The van der Waals surface area contributed by atoms with E-state index in [0.717, 1.165) is 4.47 Å². The second kappa shape index (κ2) is 6.93. The van der Waals surface area contributed by atoms with E-state index in [1.165, 1.54) is 18.2 Å². The van der Waals surface area contributed by atoms with Gasteiger partial charge in [-0.05, 0) is 47.1 Å². The highest BCUT2D eigenvalue weighted by Gasteiger charge is 2.33. The summed E-state index contributed by atoms with van der Waals surface area (Å²) < 4.78 is 31.7. The van der Waals surface area contributed by atoms with E-state index in [9.17, 15) is 8.78 Å². The van der Waals surface area contributed by atoms with Crippen LogP contribution in [0, 0.1) is 11.6 Å². The number of aliphatic imine (C=N–C) groups is 1. The molecule has 0 amide bonds. The lowest BCUT2D eigenvalue weighted by Gasteiger charge is -2.13. The van der Waals surface area contributed by atoms with Gasteiger partial charge in [0.05, 0.1) is 26.9 Å². The van der Waals surface area contributed by atoms with Gasteiger partial charge in [-0.15, -0.1) is 0 Å². The second-order valence-corrected chi connectivity index (χ2v) is 7.71. The SMILES string of the molecule is C[C@@H]1N=C(c2c(F)cccc2F)c2c(ccc(Cl)c2Cl)-[n+]2cc(Br)cnc21. The maximum Gasteiger partial charge on any atom is 0.327 e. The van der Waals surface area contributed by atoms with E-state index in [4.69, 9.17) is 23.2 Å². The van der Waals surface area contributed by atoms with Crippen molar-refractivity contribution in [3.05, 3.63) is 85.8 Å². The van der Waals surface area contributed by atoms with Crippen molar-refractivity contribution in [2.24, 2.45) is 4.99 Å². The quantitative estimate of drug-likeness (QED) is 0.425. The predicted octanol–water partition coefficient (Wildman–Crippen LogP) is 5.62. The Balaban J connectivity index is 2.14. The van der Waals surface area contributed by atoms with Crippen molar-refractivity contribution in [1.29, 1.82) is 0 Å². The number of rotatable bonds is 1. The zero-order valence-electron chi connectivity index (χ0n) is 13.9. The van der Waals surface area contributed by atoms with Crippen LogP contribution in [0.1, 0.15) is 29.9 Å². The Hall–Kier alpha value is -1.89.